The van der Waals surface area contributed by atoms with Gasteiger partial charge in [0.1, 0.15) is 30.5 Å². The van der Waals surface area contributed by atoms with Crippen LogP contribution in [0.3, 0.4) is 0 Å². The standard InChI is InChI=1S/C41H45NO9/c1-2-47-41(43)35(42(44)45)24-15-25-36-38(48-27-32-18-9-4-10-19-32)40(50-29-34-22-13-6-14-23-34)39(49-28-33-20-11-5-12-21-33)37(51-36)30-46-26-31-16-7-3-8-17-31/h3-23,25,35-40H,2,24,26-30H2,1H3/b25-15+/t35?,36-,37+,38-,39+,40+/m0/s1. The number of carbonyl (C=O) groups excluding carboxylic acids is 1. The van der Waals surface area contributed by atoms with E-state index >= 15 is 0 Å². The Balaban J connectivity index is 1.47. The molecule has 0 spiro atoms. The second kappa shape index (κ2) is 20.2. The molecule has 1 saturated heterocycles. The van der Waals surface area contributed by atoms with Crippen molar-refractivity contribution in [1.82, 2.24) is 0 Å². The third kappa shape index (κ3) is 11.7. The van der Waals surface area contributed by atoms with Gasteiger partial charge in [-0.2, -0.15) is 0 Å². The SMILES string of the molecule is CCOC(=O)C(C/C=C/[C@@H]1O[C@H](COCc2ccccc2)[C@@H](OCc2ccccc2)[C@H](OCc2ccccc2)[C@H]1OCc1ccccc1)[N+](=O)[O-]. The summed E-state index contributed by atoms with van der Waals surface area (Å²) in [7, 11) is 0. The predicted molar refractivity (Wildman–Crippen MR) is 191 cm³/mol. The first-order valence-corrected chi connectivity index (χ1v) is 17.2. The Labute approximate surface area is 299 Å². The summed E-state index contributed by atoms with van der Waals surface area (Å²) in [5.41, 5.74) is 3.92. The third-order valence-electron chi connectivity index (χ3n) is 8.42. The zero-order chi connectivity index (χ0) is 35.7. The van der Waals surface area contributed by atoms with Gasteiger partial charge in [-0.3, -0.25) is 10.1 Å². The molecule has 1 aliphatic heterocycles. The molecule has 0 aromatic heterocycles. The van der Waals surface area contributed by atoms with E-state index in [4.69, 9.17) is 28.4 Å². The van der Waals surface area contributed by atoms with Crippen molar-refractivity contribution in [3.63, 3.8) is 0 Å². The van der Waals surface area contributed by atoms with Crippen molar-refractivity contribution in [3.05, 3.63) is 166 Å². The van der Waals surface area contributed by atoms with Crippen LogP contribution in [0.4, 0.5) is 0 Å². The van der Waals surface area contributed by atoms with Crippen LogP contribution in [0.25, 0.3) is 0 Å². The summed E-state index contributed by atoms with van der Waals surface area (Å²) >= 11 is 0. The molecule has 0 N–H and O–H groups in total. The Morgan fingerprint density at radius 2 is 1.16 bits per heavy atom. The van der Waals surface area contributed by atoms with Crippen LogP contribution in [-0.4, -0.2) is 60.7 Å². The van der Waals surface area contributed by atoms with Crippen molar-refractivity contribution in [3.8, 4) is 0 Å². The molecule has 0 amide bonds. The van der Waals surface area contributed by atoms with E-state index in [1.807, 2.05) is 121 Å². The maximum absolute atomic E-state index is 12.4. The monoisotopic (exact) mass is 695 g/mol. The van der Waals surface area contributed by atoms with Gasteiger partial charge in [-0.1, -0.05) is 133 Å². The molecular weight excluding hydrogens is 650 g/mol. The number of hydrogen-bond acceptors (Lipinski definition) is 9. The highest BCUT2D eigenvalue weighted by atomic mass is 16.6. The fourth-order valence-corrected chi connectivity index (χ4v) is 5.83. The molecule has 4 aromatic rings. The molecule has 1 aliphatic rings. The van der Waals surface area contributed by atoms with Gasteiger partial charge in [-0.15, -0.1) is 0 Å². The quantitative estimate of drug-likeness (QED) is 0.0448. The van der Waals surface area contributed by atoms with Crippen LogP contribution in [0.1, 0.15) is 35.6 Å². The zero-order valence-corrected chi connectivity index (χ0v) is 28.7. The molecule has 10 heteroatoms. The van der Waals surface area contributed by atoms with Crippen LogP contribution in [0.15, 0.2) is 133 Å². The van der Waals surface area contributed by atoms with Crippen molar-refractivity contribution < 1.29 is 38.1 Å². The first kappa shape index (κ1) is 37.5. The number of carbonyl (C=O) groups is 1. The van der Waals surface area contributed by atoms with Crippen molar-refractivity contribution in [1.29, 1.82) is 0 Å². The summed E-state index contributed by atoms with van der Waals surface area (Å²) in [5.74, 6) is -0.890. The largest absolute Gasteiger partial charge is 0.461 e. The number of nitro groups is 1. The van der Waals surface area contributed by atoms with Crippen LogP contribution in [0.2, 0.25) is 0 Å². The average Bonchev–Trinajstić information content (AvgIpc) is 3.16. The van der Waals surface area contributed by atoms with E-state index in [-0.39, 0.29) is 32.8 Å². The minimum Gasteiger partial charge on any atom is -0.461 e. The Morgan fingerprint density at radius 1 is 0.706 bits per heavy atom. The minimum absolute atomic E-state index is 0.0451. The van der Waals surface area contributed by atoms with Crippen molar-refractivity contribution in [2.45, 2.75) is 76.3 Å². The van der Waals surface area contributed by atoms with Gasteiger partial charge in [-0.25, -0.2) is 4.79 Å². The number of ether oxygens (including phenoxy) is 6. The summed E-state index contributed by atoms with van der Waals surface area (Å²) in [6.07, 6.45) is -0.212. The van der Waals surface area contributed by atoms with Crippen molar-refractivity contribution >= 4 is 5.97 Å². The predicted octanol–water partition coefficient (Wildman–Crippen LogP) is 6.88. The van der Waals surface area contributed by atoms with E-state index in [9.17, 15) is 14.9 Å². The Kier molecular flexibility index (Phi) is 14.9. The molecule has 1 heterocycles. The molecule has 51 heavy (non-hydrogen) atoms. The number of esters is 1. The highest BCUT2D eigenvalue weighted by molar-refractivity contribution is 5.74. The summed E-state index contributed by atoms with van der Waals surface area (Å²) < 4.78 is 37.9. The molecule has 1 unspecified atom stereocenters. The summed E-state index contributed by atoms with van der Waals surface area (Å²) in [5, 5.41) is 11.8. The molecule has 1 fully saturated rings. The van der Waals surface area contributed by atoms with Crippen LogP contribution in [0, 0.1) is 10.1 Å². The molecule has 0 aliphatic carbocycles. The molecule has 0 radical (unpaired) electrons. The highest BCUT2D eigenvalue weighted by Crippen LogP contribution is 2.32. The second-order valence-corrected chi connectivity index (χ2v) is 12.1. The molecular formula is C41H45NO9. The van der Waals surface area contributed by atoms with E-state index in [0.717, 1.165) is 22.3 Å². The van der Waals surface area contributed by atoms with Gasteiger partial charge in [0.05, 0.1) is 39.6 Å². The maximum atomic E-state index is 12.4. The second-order valence-electron chi connectivity index (χ2n) is 12.1. The van der Waals surface area contributed by atoms with Gasteiger partial charge >= 0.3 is 12.0 Å². The molecule has 4 aromatic carbocycles. The van der Waals surface area contributed by atoms with Gasteiger partial charge in [0.15, 0.2) is 0 Å². The molecule has 0 bridgehead atoms. The first-order chi connectivity index (χ1) is 25.0. The van der Waals surface area contributed by atoms with E-state index < -0.39 is 47.5 Å². The van der Waals surface area contributed by atoms with E-state index in [0.29, 0.717) is 13.2 Å². The average molecular weight is 696 g/mol. The first-order valence-electron chi connectivity index (χ1n) is 17.2. The Bertz CT molecular complexity index is 1620. The smallest absolute Gasteiger partial charge is 0.381 e. The number of rotatable bonds is 19. The number of nitrogens with zero attached hydrogens (tertiary/aromatic N) is 1. The van der Waals surface area contributed by atoms with Crippen molar-refractivity contribution in [2.75, 3.05) is 13.2 Å². The molecule has 0 saturated carbocycles. The lowest BCUT2D eigenvalue weighted by molar-refractivity contribution is -0.509. The lowest BCUT2D eigenvalue weighted by Gasteiger charge is -2.45. The minimum atomic E-state index is -1.55. The van der Waals surface area contributed by atoms with Gasteiger partial charge in [0, 0.05) is 11.3 Å². The molecule has 268 valence electrons. The normalized spacial score (nSPS) is 20.9. The zero-order valence-electron chi connectivity index (χ0n) is 28.7. The summed E-state index contributed by atoms with van der Waals surface area (Å²) in [4.78, 5) is 23.5. The van der Waals surface area contributed by atoms with Crippen LogP contribution >= 0.6 is 0 Å². The Morgan fingerprint density at radius 3 is 1.63 bits per heavy atom. The van der Waals surface area contributed by atoms with Crippen LogP contribution in [-0.2, 0) is 59.6 Å². The van der Waals surface area contributed by atoms with Gasteiger partial charge < -0.3 is 28.4 Å². The van der Waals surface area contributed by atoms with Crippen LogP contribution in [0.5, 0.6) is 0 Å². The lowest BCUT2D eigenvalue weighted by Crippen LogP contribution is -2.60. The highest BCUT2D eigenvalue weighted by Gasteiger charge is 2.47. The topological polar surface area (TPSA) is 116 Å². The Hall–Kier alpha value is -4.71. The summed E-state index contributed by atoms with van der Waals surface area (Å²) in [6.45, 7) is 3.03. The lowest BCUT2D eigenvalue weighted by atomic mass is 9.93. The van der Waals surface area contributed by atoms with Gasteiger partial charge in [0.25, 0.3) is 0 Å². The maximum Gasteiger partial charge on any atom is 0.381 e. The van der Waals surface area contributed by atoms with Gasteiger partial charge in [0.2, 0.25) is 0 Å². The van der Waals surface area contributed by atoms with Crippen LogP contribution < -0.4 is 0 Å². The van der Waals surface area contributed by atoms with E-state index in [1.54, 1.807) is 19.1 Å². The number of hydrogen-bond donors (Lipinski definition) is 0. The molecule has 6 atom stereocenters. The summed E-state index contributed by atoms with van der Waals surface area (Å²) in [6, 6.07) is 37.8. The van der Waals surface area contributed by atoms with E-state index in [2.05, 4.69) is 0 Å². The fraction of sp³-hybridized carbons (Fsp3) is 0.341. The molecule has 10 nitrogen and oxygen atoms in total. The van der Waals surface area contributed by atoms with Gasteiger partial charge in [-0.05, 0) is 29.2 Å². The van der Waals surface area contributed by atoms with E-state index in [1.165, 1.54) is 0 Å². The fourth-order valence-electron chi connectivity index (χ4n) is 5.83. The number of benzene rings is 4. The van der Waals surface area contributed by atoms with Crippen molar-refractivity contribution in [2.24, 2.45) is 0 Å². The third-order valence-corrected chi connectivity index (χ3v) is 8.42. The molecule has 5 rings (SSSR count).